The van der Waals surface area contributed by atoms with Crippen LogP contribution in [0.4, 0.5) is 4.39 Å². The summed E-state index contributed by atoms with van der Waals surface area (Å²) < 4.78 is 40.2. The largest absolute Gasteiger partial charge is 0.392 e. The van der Waals surface area contributed by atoms with Gasteiger partial charge in [0.25, 0.3) is 0 Å². The summed E-state index contributed by atoms with van der Waals surface area (Å²) >= 11 is 3.17. The van der Waals surface area contributed by atoms with Crippen molar-refractivity contribution in [2.45, 2.75) is 18.0 Å². The van der Waals surface area contributed by atoms with Crippen LogP contribution in [0.2, 0.25) is 0 Å². The first-order valence-corrected chi connectivity index (χ1v) is 8.33. The van der Waals surface area contributed by atoms with Crippen molar-refractivity contribution in [2.75, 3.05) is 0 Å². The van der Waals surface area contributed by atoms with Crippen LogP contribution in [0, 0.1) is 5.82 Å². The van der Waals surface area contributed by atoms with Gasteiger partial charge in [0.1, 0.15) is 5.82 Å². The number of nitrogens with one attached hydrogen (secondary N) is 1. The fourth-order valence-electron chi connectivity index (χ4n) is 1.76. The Morgan fingerprint density at radius 2 is 1.90 bits per heavy atom. The molecule has 21 heavy (non-hydrogen) atoms. The summed E-state index contributed by atoms with van der Waals surface area (Å²) in [4.78, 5) is 0.0658. The third-order valence-electron chi connectivity index (χ3n) is 2.82. The third kappa shape index (κ3) is 4.10. The summed E-state index contributed by atoms with van der Waals surface area (Å²) in [6, 6.07) is 10.2. The highest BCUT2D eigenvalue weighted by atomic mass is 79.9. The summed E-state index contributed by atoms with van der Waals surface area (Å²) in [5.41, 5.74) is 1.13. The number of sulfonamides is 1. The molecule has 0 aliphatic heterocycles. The highest BCUT2D eigenvalue weighted by Crippen LogP contribution is 2.23. The minimum absolute atomic E-state index is 0.00567. The van der Waals surface area contributed by atoms with Gasteiger partial charge >= 0.3 is 0 Å². The highest BCUT2D eigenvalue weighted by molar-refractivity contribution is 9.10. The summed E-state index contributed by atoms with van der Waals surface area (Å²) in [5.74, 6) is -0.417. The number of hydrogen-bond donors (Lipinski definition) is 2. The van der Waals surface area contributed by atoms with Crippen LogP contribution in [0.1, 0.15) is 11.1 Å². The second-order valence-corrected chi connectivity index (χ2v) is 6.97. The van der Waals surface area contributed by atoms with Crippen LogP contribution in [0.15, 0.2) is 51.8 Å². The Bertz CT molecular complexity index is 750. The summed E-state index contributed by atoms with van der Waals surface area (Å²) in [7, 11) is -3.73. The molecule has 0 radical (unpaired) electrons. The van der Waals surface area contributed by atoms with E-state index in [1.54, 1.807) is 6.07 Å². The topological polar surface area (TPSA) is 66.4 Å². The van der Waals surface area contributed by atoms with Gasteiger partial charge in [-0.15, -0.1) is 0 Å². The zero-order valence-corrected chi connectivity index (χ0v) is 13.3. The first kappa shape index (κ1) is 16.1. The van der Waals surface area contributed by atoms with Crippen molar-refractivity contribution in [1.82, 2.24) is 4.72 Å². The van der Waals surface area contributed by atoms with Crippen LogP contribution in [-0.2, 0) is 23.2 Å². The van der Waals surface area contributed by atoms with Gasteiger partial charge in [-0.1, -0.05) is 18.2 Å². The zero-order chi connectivity index (χ0) is 15.5. The van der Waals surface area contributed by atoms with Crippen molar-refractivity contribution >= 4 is 26.0 Å². The Balaban J connectivity index is 2.19. The van der Waals surface area contributed by atoms with E-state index >= 15 is 0 Å². The van der Waals surface area contributed by atoms with Gasteiger partial charge in [-0.2, -0.15) is 0 Å². The van der Waals surface area contributed by atoms with Crippen molar-refractivity contribution < 1.29 is 17.9 Å². The van der Waals surface area contributed by atoms with Crippen molar-refractivity contribution in [1.29, 1.82) is 0 Å². The van der Waals surface area contributed by atoms with Gasteiger partial charge < -0.3 is 5.11 Å². The van der Waals surface area contributed by atoms with Gasteiger partial charge in [0, 0.05) is 11.0 Å². The molecule has 4 nitrogen and oxygen atoms in total. The van der Waals surface area contributed by atoms with E-state index in [2.05, 4.69) is 20.7 Å². The van der Waals surface area contributed by atoms with Crippen LogP contribution in [0.3, 0.4) is 0 Å². The molecular formula is C14H13BrFNO3S. The number of aliphatic hydroxyl groups is 1. The number of halogens is 2. The maximum atomic E-state index is 13.0. The molecule has 0 aliphatic carbocycles. The average Bonchev–Trinajstić information content (AvgIpc) is 2.45. The molecule has 2 aromatic rings. The molecule has 0 atom stereocenters. The van der Waals surface area contributed by atoms with Gasteiger partial charge in [-0.3, -0.25) is 0 Å². The van der Waals surface area contributed by atoms with Crippen LogP contribution >= 0.6 is 15.9 Å². The predicted molar refractivity (Wildman–Crippen MR) is 80.5 cm³/mol. The van der Waals surface area contributed by atoms with Crippen molar-refractivity contribution in [2.24, 2.45) is 0 Å². The minimum atomic E-state index is -3.73. The van der Waals surface area contributed by atoms with E-state index in [1.165, 1.54) is 36.4 Å². The molecule has 0 aliphatic rings. The van der Waals surface area contributed by atoms with Gasteiger partial charge in [0.15, 0.2) is 0 Å². The van der Waals surface area contributed by atoms with Crippen molar-refractivity contribution in [3.8, 4) is 0 Å². The molecular weight excluding hydrogens is 361 g/mol. The number of hydrogen-bond acceptors (Lipinski definition) is 3. The quantitative estimate of drug-likeness (QED) is 0.846. The Kier molecular flexibility index (Phi) is 5.10. The Morgan fingerprint density at radius 3 is 2.52 bits per heavy atom. The molecule has 0 aromatic heterocycles. The molecule has 7 heteroatoms. The molecule has 112 valence electrons. The van der Waals surface area contributed by atoms with Gasteiger partial charge in [-0.25, -0.2) is 17.5 Å². The van der Waals surface area contributed by atoms with Crippen LogP contribution in [0.5, 0.6) is 0 Å². The van der Waals surface area contributed by atoms with E-state index in [0.717, 1.165) is 0 Å². The van der Waals surface area contributed by atoms with Gasteiger partial charge in [-0.05, 0) is 51.3 Å². The van der Waals surface area contributed by atoms with Crippen molar-refractivity contribution in [3.05, 3.63) is 63.9 Å². The maximum Gasteiger partial charge on any atom is 0.241 e. The lowest BCUT2D eigenvalue weighted by Crippen LogP contribution is -2.23. The first-order chi connectivity index (χ1) is 9.92. The molecule has 0 fully saturated rings. The lowest BCUT2D eigenvalue weighted by atomic mass is 10.2. The Labute approximate surface area is 130 Å². The molecule has 2 rings (SSSR count). The molecule has 0 saturated carbocycles. The number of rotatable bonds is 5. The molecule has 0 unspecified atom stereocenters. The van der Waals surface area contributed by atoms with E-state index < -0.39 is 15.8 Å². The molecule has 0 bridgehead atoms. The van der Waals surface area contributed by atoms with E-state index in [0.29, 0.717) is 15.6 Å². The smallest absolute Gasteiger partial charge is 0.241 e. The van der Waals surface area contributed by atoms with Crippen molar-refractivity contribution in [3.63, 3.8) is 0 Å². The predicted octanol–water partition coefficient (Wildman–Crippen LogP) is 2.56. The van der Waals surface area contributed by atoms with Crippen LogP contribution < -0.4 is 4.72 Å². The molecule has 0 heterocycles. The maximum absolute atomic E-state index is 13.0. The summed E-state index contributed by atoms with van der Waals surface area (Å²) in [5, 5.41) is 9.01. The molecule has 0 spiro atoms. The molecule has 0 amide bonds. The second-order valence-electron chi connectivity index (χ2n) is 4.38. The Hall–Kier alpha value is -1.28. The van der Waals surface area contributed by atoms with Gasteiger partial charge in [0.05, 0.1) is 11.5 Å². The standard InChI is InChI=1S/C14H13BrFNO3S/c15-13-7-11(9-18)4-5-14(13)21(19,20)17-8-10-2-1-3-12(16)6-10/h1-7,17-18H,8-9H2. The lowest BCUT2D eigenvalue weighted by molar-refractivity contribution is 0.281. The lowest BCUT2D eigenvalue weighted by Gasteiger charge is -2.09. The Morgan fingerprint density at radius 1 is 1.14 bits per heavy atom. The molecule has 0 saturated heterocycles. The van der Waals surface area contributed by atoms with E-state index in [1.807, 2.05) is 0 Å². The number of benzene rings is 2. The van der Waals surface area contributed by atoms with Crippen LogP contribution in [0.25, 0.3) is 0 Å². The molecule has 2 N–H and O–H groups in total. The normalized spacial score (nSPS) is 11.6. The monoisotopic (exact) mass is 373 g/mol. The van der Waals surface area contributed by atoms with E-state index in [9.17, 15) is 12.8 Å². The fraction of sp³-hybridized carbons (Fsp3) is 0.143. The highest BCUT2D eigenvalue weighted by Gasteiger charge is 2.17. The van der Waals surface area contributed by atoms with E-state index in [4.69, 9.17) is 5.11 Å². The van der Waals surface area contributed by atoms with E-state index in [-0.39, 0.29) is 18.0 Å². The molecule has 2 aromatic carbocycles. The summed E-state index contributed by atoms with van der Waals surface area (Å²) in [6.07, 6.45) is 0. The number of aliphatic hydroxyl groups excluding tert-OH is 1. The first-order valence-electron chi connectivity index (χ1n) is 6.06. The minimum Gasteiger partial charge on any atom is -0.392 e. The second kappa shape index (κ2) is 6.65. The summed E-state index contributed by atoms with van der Waals surface area (Å²) in [6.45, 7) is -0.177. The third-order valence-corrected chi connectivity index (χ3v) is 5.20. The van der Waals surface area contributed by atoms with Gasteiger partial charge in [0.2, 0.25) is 10.0 Å². The average molecular weight is 374 g/mol. The van der Waals surface area contributed by atoms with Crippen LogP contribution in [-0.4, -0.2) is 13.5 Å². The SMILES string of the molecule is O=S(=O)(NCc1cccc(F)c1)c1ccc(CO)cc1Br. The fourth-order valence-corrected chi connectivity index (χ4v) is 3.90. The zero-order valence-electron chi connectivity index (χ0n) is 10.9.